The molecule has 0 saturated carbocycles. The molecule has 0 radical (unpaired) electrons. The molecule has 1 aromatic rings. The zero-order valence-electron chi connectivity index (χ0n) is 15.6. The number of rotatable bonds is 2. The van der Waals surface area contributed by atoms with Crippen LogP contribution in [-0.4, -0.2) is 60.8 Å². The standard InChI is InChI=1S/C19H27FN2O3/c1-19(2,3)25-18(24)22-11-10-15(16(20)12-22)13-6-8-14(9-7-13)17(23)21(4)5/h6-9,15-16H,10-12H2,1-5H3. The lowest BCUT2D eigenvalue weighted by molar-refractivity contribution is 0.0111. The lowest BCUT2D eigenvalue weighted by Gasteiger charge is -2.35. The number of likely N-dealkylation sites (tertiary alicyclic amines) is 1. The summed E-state index contributed by atoms with van der Waals surface area (Å²) in [6, 6.07) is 7.06. The summed E-state index contributed by atoms with van der Waals surface area (Å²) < 4.78 is 19.9. The van der Waals surface area contributed by atoms with E-state index in [1.807, 2.05) is 0 Å². The minimum Gasteiger partial charge on any atom is -0.444 e. The van der Waals surface area contributed by atoms with Crippen molar-refractivity contribution >= 4 is 12.0 Å². The van der Waals surface area contributed by atoms with Crippen molar-refractivity contribution < 1.29 is 18.7 Å². The Morgan fingerprint density at radius 1 is 1.20 bits per heavy atom. The van der Waals surface area contributed by atoms with E-state index >= 15 is 0 Å². The van der Waals surface area contributed by atoms with E-state index in [4.69, 9.17) is 4.74 Å². The van der Waals surface area contributed by atoms with Crippen LogP contribution in [0.15, 0.2) is 24.3 Å². The van der Waals surface area contributed by atoms with Crippen molar-refractivity contribution in [3.63, 3.8) is 0 Å². The fourth-order valence-electron chi connectivity index (χ4n) is 2.90. The van der Waals surface area contributed by atoms with Crippen molar-refractivity contribution in [2.24, 2.45) is 0 Å². The highest BCUT2D eigenvalue weighted by atomic mass is 19.1. The maximum atomic E-state index is 14.6. The van der Waals surface area contributed by atoms with Crippen LogP contribution in [0.5, 0.6) is 0 Å². The van der Waals surface area contributed by atoms with Gasteiger partial charge in [0.2, 0.25) is 0 Å². The molecular formula is C19H27FN2O3. The smallest absolute Gasteiger partial charge is 0.410 e. The van der Waals surface area contributed by atoms with Crippen LogP contribution in [0.2, 0.25) is 0 Å². The minimum atomic E-state index is -1.16. The lowest BCUT2D eigenvalue weighted by atomic mass is 9.87. The van der Waals surface area contributed by atoms with Crippen LogP contribution in [0, 0.1) is 0 Å². The van der Waals surface area contributed by atoms with Gasteiger partial charge in [0, 0.05) is 32.1 Å². The maximum absolute atomic E-state index is 14.6. The SMILES string of the molecule is CN(C)C(=O)c1ccc(C2CCN(C(=O)OC(C)(C)C)CC2F)cc1. The van der Waals surface area contributed by atoms with E-state index < -0.39 is 17.9 Å². The molecular weight excluding hydrogens is 323 g/mol. The number of nitrogens with zero attached hydrogens (tertiary/aromatic N) is 2. The second-order valence-electron chi connectivity index (χ2n) is 7.66. The highest BCUT2D eigenvalue weighted by Gasteiger charge is 2.34. The number of carbonyl (C=O) groups is 2. The lowest BCUT2D eigenvalue weighted by Crippen LogP contribution is -2.46. The van der Waals surface area contributed by atoms with Gasteiger partial charge in [0.05, 0.1) is 6.54 Å². The number of carbonyl (C=O) groups excluding carboxylic acids is 2. The number of halogens is 1. The number of piperidine rings is 1. The molecule has 0 aromatic heterocycles. The molecule has 5 nitrogen and oxygen atoms in total. The van der Waals surface area contributed by atoms with Crippen LogP contribution in [0.25, 0.3) is 0 Å². The Labute approximate surface area is 148 Å². The zero-order chi connectivity index (χ0) is 18.8. The van der Waals surface area contributed by atoms with Crippen molar-refractivity contribution in [2.75, 3.05) is 27.2 Å². The summed E-state index contributed by atoms with van der Waals surface area (Å²) >= 11 is 0. The first-order valence-electron chi connectivity index (χ1n) is 8.52. The summed E-state index contributed by atoms with van der Waals surface area (Å²) in [6.07, 6.45) is -1.10. The molecule has 2 rings (SSSR count). The normalized spacial score (nSPS) is 21.0. The first-order valence-corrected chi connectivity index (χ1v) is 8.52. The van der Waals surface area contributed by atoms with Crippen LogP contribution in [0.3, 0.4) is 0 Å². The van der Waals surface area contributed by atoms with E-state index in [2.05, 4.69) is 0 Å². The van der Waals surface area contributed by atoms with Gasteiger partial charge in [-0.05, 0) is 44.9 Å². The predicted octanol–water partition coefficient (Wildman–Crippen LogP) is 3.45. The van der Waals surface area contributed by atoms with Crippen molar-refractivity contribution in [3.05, 3.63) is 35.4 Å². The molecule has 0 aliphatic carbocycles. The Balaban J connectivity index is 2.01. The zero-order valence-corrected chi connectivity index (χ0v) is 15.6. The van der Waals surface area contributed by atoms with E-state index in [0.29, 0.717) is 18.5 Å². The van der Waals surface area contributed by atoms with E-state index in [0.717, 1.165) is 5.56 Å². The van der Waals surface area contributed by atoms with E-state index in [1.54, 1.807) is 59.1 Å². The fourth-order valence-corrected chi connectivity index (χ4v) is 2.90. The number of hydrogen-bond acceptors (Lipinski definition) is 3. The van der Waals surface area contributed by atoms with Crippen LogP contribution >= 0.6 is 0 Å². The van der Waals surface area contributed by atoms with Gasteiger partial charge in [-0.15, -0.1) is 0 Å². The van der Waals surface area contributed by atoms with Gasteiger partial charge in [-0.25, -0.2) is 9.18 Å². The molecule has 0 N–H and O–H groups in total. The molecule has 2 amide bonds. The van der Waals surface area contributed by atoms with Crippen molar-refractivity contribution in [1.29, 1.82) is 0 Å². The van der Waals surface area contributed by atoms with E-state index in [-0.39, 0.29) is 18.4 Å². The number of amides is 2. The molecule has 1 aliphatic rings. The van der Waals surface area contributed by atoms with Gasteiger partial charge >= 0.3 is 6.09 Å². The number of hydrogen-bond donors (Lipinski definition) is 0. The summed E-state index contributed by atoms with van der Waals surface area (Å²) in [5.74, 6) is -0.356. The average molecular weight is 350 g/mol. The average Bonchev–Trinajstić information content (AvgIpc) is 2.52. The Hall–Kier alpha value is -2.11. The molecule has 0 bridgehead atoms. The third-order valence-electron chi connectivity index (χ3n) is 4.19. The van der Waals surface area contributed by atoms with Crippen LogP contribution in [0.1, 0.15) is 49.0 Å². The third-order valence-corrected chi connectivity index (χ3v) is 4.19. The minimum absolute atomic E-state index is 0.0258. The largest absolute Gasteiger partial charge is 0.444 e. The van der Waals surface area contributed by atoms with Gasteiger partial charge in [0.15, 0.2) is 0 Å². The van der Waals surface area contributed by atoms with Gasteiger partial charge < -0.3 is 14.5 Å². The summed E-state index contributed by atoms with van der Waals surface area (Å²) in [6.45, 7) is 5.86. The van der Waals surface area contributed by atoms with Gasteiger partial charge in [0.25, 0.3) is 5.91 Å². The molecule has 1 fully saturated rings. The fraction of sp³-hybridized carbons (Fsp3) is 0.579. The van der Waals surface area contributed by atoms with Gasteiger partial charge in [-0.2, -0.15) is 0 Å². The van der Waals surface area contributed by atoms with Crippen molar-refractivity contribution in [2.45, 2.75) is 44.9 Å². The molecule has 1 aliphatic heterocycles. The summed E-state index contributed by atoms with van der Waals surface area (Å²) in [5.41, 5.74) is 0.844. The second-order valence-corrected chi connectivity index (χ2v) is 7.66. The Morgan fingerprint density at radius 2 is 1.80 bits per heavy atom. The van der Waals surface area contributed by atoms with Crippen molar-refractivity contribution in [3.8, 4) is 0 Å². The number of benzene rings is 1. The molecule has 6 heteroatoms. The molecule has 138 valence electrons. The molecule has 2 atom stereocenters. The molecule has 25 heavy (non-hydrogen) atoms. The quantitative estimate of drug-likeness (QED) is 0.821. The van der Waals surface area contributed by atoms with Crippen LogP contribution in [-0.2, 0) is 4.74 Å². The van der Waals surface area contributed by atoms with E-state index in [1.165, 1.54) is 9.80 Å². The Bertz CT molecular complexity index is 623. The number of ether oxygens (including phenoxy) is 1. The number of alkyl halides is 1. The Morgan fingerprint density at radius 3 is 2.28 bits per heavy atom. The predicted molar refractivity (Wildman–Crippen MR) is 94.5 cm³/mol. The highest BCUT2D eigenvalue weighted by Crippen LogP contribution is 2.31. The van der Waals surface area contributed by atoms with Crippen LogP contribution < -0.4 is 0 Å². The maximum Gasteiger partial charge on any atom is 0.410 e. The Kier molecular flexibility index (Phi) is 5.70. The molecule has 1 heterocycles. The third kappa shape index (κ3) is 4.94. The molecule has 1 aromatic carbocycles. The summed E-state index contributed by atoms with van der Waals surface area (Å²) in [4.78, 5) is 26.9. The monoisotopic (exact) mass is 350 g/mol. The molecule has 1 saturated heterocycles. The molecule has 2 unspecified atom stereocenters. The summed E-state index contributed by atoms with van der Waals surface area (Å²) in [7, 11) is 3.39. The van der Waals surface area contributed by atoms with Gasteiger partial charge in [0.1, 0.15) is 11.8 Å². The topological polar surface area (TPSA) is 49.9 Å². The van der Waals surface area contributed by atoms with E-state index in [9.17, 15) is 14.0 Å². The first kappa shape index (κ1) is 19.2. The van der Waals surface area contributed by atoms with Crippen molar-refractivity contribution in [1.82, 2.24) is 9.80 Å². The second kappa shape index (κ2) is 7.42. The molecule has 0 spiro atoms. The van der Waals surface area contributed by atoms with Crippen LogP contribution in [0.4, 0.5) is 9.18 Å². The summed E-state index contributed by atoms with van der Waals surface area (Å²) in [5, 5.41) is 0. The van der Waals surface area contributed by atoms with Gasteiger partial charge in [-0.3, -0.25) is 4.79 Å². The highest BCUT2D eigenvalue weighted by molar-refractivity contribution is 5.93. The van der Waals surface area contributed by atoms with Gasteiger partial charge in [-0.1, -0.05) is 12.1 Å². The first-order chi connectivity index (χ1) is 11.6.